The summed E-state index contributed by atoms with van der Waals surface area (Å²) >= 11 is 0. The molecule has 3 heteroatoms. The molecule has 0 radical (unpaired) electrons. The van der Waals surface area contributed by atoms with E-state index in [4.69, 9.17) is 0 Å². The molecule has 3 nitrogen and oxygen atoms in total. The van der Waals surface area contributed by atoms with E-state index >= 15 is 0 Å². The molecular weight excluding hydrogens is 202 g/mol. The van der Waals surface area contributed by atoms with Crippen LogP contribution in [0.5, 0.6) is 0 Å². The van der Waals surface area contributed by atoms with Crippen molar-refractivity contribution in [3.63, 3.8) is 0 Å². The van der Waals surface area contributed by atoms with Crippen LogP contribution in [0.3, 0.4) is 0 Å². The maximum absolute atomic E-state index is 11.3. The minimum Gasteiger partial charge on any atom is -0.325 e. The lowest BCUT2D eigenvalue weighted by molar-refractivity contribution is -0.119. The van der Waals surface area contributed by atoms with E-state index in [1.165, 1.54) is 0 Å². The first kappa shape index (κ1) is 12.2. The fraction of sp³-hybridized carbons (Fsp3) is 0.231. The second-order valence-corrected chi connectivity index (χ2v) is 3.46. The number of hydrogen-bond acceptors (Lipinski definition) is 2. The molecular formula is C13H15NO2. The molecule has 84 valence electrons. The molecule has 0 bridgehead atoms. The van der Waals surface area contributed by atoms with Crippen molar-refractivity contribution < 1.29 is 9.59 Å². The Hall–Kier alpha value is -1.90. The average molecular weight is 217 g/mol. The third-order valence-corrected chi connectivity index (χ3v) is 2.20. The first-order valence-corrected chi connectivity index (χ1v) is 5.15. The van der Waals surface area contributed by atoms with Gasteiger partial charge in [0.2, 0.25) is 5.91 Å². The first-order valence-electron chi connectivity index (χ1n) is 5.15. The van der Waals surface area contributed by atoms with Gasteiger partial charge in [0.25, 0.3) is 0 Å². The molecule has 0 atom stereocenters. The van der Waals surface area contributed by atoms with Crippen LogP contribution in [0.2, 0.25) is 0 Å². The minimum atomic E-state index is -0.286. The summed E-state index contributed by atoms with van der Waals surface area (Å²) in [4.78, 5) is 21.5. The van der Waals surface area contributed by atoms with Gasteiger partial charge in [0.1, 0.15) is 6.29 Å². The van der Waals surface area contributed by atoms with Crippen LogP contribution in [0, 0.1) is 6.92 Å². The summed E-state index contributed by atoms with van der Waals surface area (Å²) in [5, 5.41) is 2.72. The number of carbonyl (C=O) groups excluding carboxylic acids is 2. The number of anilines is 1. The molecule has 0 aromatic heterocycles. The Balaban J connectivity index is 2.99. The number of aryl methyl sites for hydroxylation is 1. The van der Waals surface area contributed by atoms with E-state index < -0.39 is 0 Å². The summed E-state index contributed by atoms with van der Waals surface area (Å²) in [5.41, 5.74) is 2.80. The Morgan fingerprint density at radius 3 is 2.81 bits per heavy atom. The van der Waals surface area contributed by atoms with Crippen LogP contribution < -0.4 is 5.32 Å². The van der Waals surface area contributed by atoms with Crippen LogP contribution >= 0.6 is 0 Å². The molecule has 1 N–H and O–H groups in total. The number of nitrogens with one attached hydrogen (secondary N) is 1. The zero-order chi connectivity index (χ0) is 12.0. The zero-order valence-corrected chi connectivity index (χ0v) is 9.49. The lowest BCUT2D eigenvalue weighted by Crippen LogP contribution is -2.12. The van der Waals surface area contributed by atoms with E-state index in [-0.39, 0.29) is 12.3 Å². The standard InChI is InChI=1S/C13H15NO2/c1-3-5-11-10(2)6-4-7-12(11)14-13(16)8-9-15/h3-7,9H,8H2,1-2H3,(H,14,16)/b5-3-. The largest absolute Gasteiger partial charge is 0.325 e. The highest BCUT2D eigenvalue weighted by atomic mass is 16.2. The van der Waals surface area contributed by atoms with Crippen LogP contribution in [-0.4, -0.2) is 12.2 Å². The number of carbonyl (C=O) groups is 2. The quantitative estimate of drug-likeness (QED) is 0.622. The fourth-order valence-electron chi connectivity index (χ4n) is 1.45. The number of aldehydes is 1. The predicted molar refractivity (Wildman–Crippen MR) is 65.2 cm³/mol. The van der Waals surface area contributed by atoms with Crippen LogP contribution in [0.25, 0.3) is 6.08 Å². The van der Waals surface area contributed by atoms with Gasteiger partial charge in [0.15, 0.2) is 0 Å². The van der Waals surface area contributed by atoms with Crippen molar-refractivity contribution in [1.82, 2.24) is 0 Å². The van der Waals surface area contributed by atoms with Gasteiger partial charge in [-0.1, -0.05) is 24.3 Å². The molecule has 1 aromatic rings. The number of amides is 1. The number of allylic oxidation sites excluding steroid dienone is 1. The smallest absolute Gasteiger partial charge is 0.231 e. The van der Waals surface area contributed by atoms with Gasteiger partial charge in [-0.2, -0.15) is 0 Å². The molecule has 1 rings (SSSR count). The third-order valence-electron chi connectivity index (χ3n) is 2.20. The van der Waals surface area contributed by atoms with Crippen molar-refractivity contribution in [2.24, 2.45) is 0 Å². The molecule has 1 aromatic carbocycles. The van der Waals surface area contributed by atoms with Gasteiger partial charge in [0.05, 0.1) is 6.42 Å². The summed E-state index contributed by atoms with van der Waals surface area (Å²) in [7, 11) is 0. The summed E-state index contributed by atoms with van der Waals surface area (Å²) in [6, 6.07) is 5.68. The molecule has 16 heavy (non-hydrogen) atoms. The van der Waals surface area contributed by atoms with Gasteiger partial charge in [0, 0.05) is 11.3 Å². The van der Waals surface area contributed by atoms with E-state index in [0.29, 0.717) is 6.29 Å². The highest BCUT2D eigenvalue weighted by Crippen LogP contribution is 2.21. The van der Waals surface area contributed by atoms with Crippen LogP contribution in [0.15, 0.2) is 24.3 Å². The summed E-state index contributed by atoms with van der Waals surface area (Å²) in [6.07, 6.45) is 4.34. The Morgan fingerprint density at radius 2 is 2.19 bits per heavy atom. The molecule has 0 saturated carbocycles. The van der Waals surface area contributed by atoms with Crippen LogP contribution in [-0.2, 0) is 9.59 Å². The maximum atomic E-state index is 11.3. The average Bonchev–Trinajstić information content (AvgIpc) is 2.23. The highest BCUT2D eigenvalue weighted by Gasteiger charge is 2.05. The van der Waals surface area contributed by atoms with Gasteiger partial charge in [-0.3, -0.25) is 4.79 Å². The normalized spacial score (nSPS) is 10.4. The topological polar surface area (TPSA) is 46.2 Å². The van der Waals surface area contributed by atoms with Crippen molar-refractivity contribution in [1.29, 1.82) is 0 Å². The molecule has 1 amide bonds. The molecule has 0 aliphatic heterocycles. The third kappa shape index (κ3) is 3.05. The second-order valence-electron chi connectivity index (χ2n) is 3.46. The van der Waals surface area contributed by atoms with Gasteiger partial charge in [-0.15, -0.1) is 0 Å². The maximum Gasteiger partial charge on any atom is 0.231 e. The highest BCUT2D eigenvalue weighted by molar-refractivity contribution is 5.99. The fourth-order valence-corrected chi connectivity index (χ4v) is 1.45. The lowest BCUT2D eigenvalue weighted by Gasteiger charge is -2.09. The monoisotopic (exact) mass is 217 g/mol. The van der Waals surface area contributed by atoms with Crippen molar-refractivity contribution in [2.75, 3.05) is 5.32 Å². The summed E-state index contributed by atoms with van der Waals surface area (Å²) in [6.45, 7) is 3.90. The Bertz CT molecular complexity index is 422. The summed E-state index contributed by atoms with van der Waals surface area (Å²) in [5.74, 6) is -0.286. The van der Waals surface area contributed by atoms with E-state index in [2.05, 4.69) is 5.32 Å². The SMILES string of the molecule is C/C=C\c1c(C)cccc1NC(=O)CC=O. The van der Waals surface area contributed by atoms with Crippen molar-refractivity contribution >= 4 is 24.0 Å². The number of benzene rings is 1. The van der Waals surface area contributed by atoms with Gasteiger partial charge >= 0.3 is 0 Å². The number of hydrogen-bond donors (Lipinski definition) is 1. The number of rotatable bonds is 4. The Labute approximate surface area is 95.2 Å². The van der Waals surface area contributed by atoms with E-state index in [9.17, 15) is 9.59 Å². The van der Waals surface area contributed by atoms with Gasteiger partial charge < -0.3 is 10.1 Å². The second kappa shape index (κ2) is 5.85. The molecule has 0 unspecified atom stereocenters. The molecule has 0 aliphatic carbocycles. The zero-order valence-electron chi connectivity index (χ0n) is 9.49. The molecule has 0 heterocycles. The summed E-state index contributed by atoms with van der Waals surface area (Å²) < 4.78 is 0. The van der Waals surface area contributed by atoms with E-state index in [1.54, 1.807) is 0 Å². The molecule has 0 aliphatic rings. The van der Waals surface area contributed by atoms with Crippen molar-refractivity contribution in [3.8, 4) is 0 Å². The van der Waals surface area contributed by atoms with Crippen molar-refractivity contribution in [3.05, 3.63) is 35.4 Å². The van der Waals surface area contributed by atoms with Gasteiger partial charge in [-0.25, -0.2) is 0 Å². The molecule has 0 spiro atoms. The van der Waals surface area contributed by atoms with Gasteiger partial charge in [-0.05, 0) is 25.5 Å². The van der Waals surface area contributed by atoms with E-state index in [1.807, 2.05) is 44.2 Å². The predicted octanol–water partition coefficient (Wildman–Crippen LogP) is 2.56. The Kier molecular flexibility index (Phi) is 4.45. The molecule has 0 fully saturated rings. The van der Waals surface area contributed by atoms with Crippen LogP contribution in [0.4, 0.5) is 5.69 Å². The lowest BCUT2D eigenvalue weighted by atomic mass is 10.1. The minimum absolute atomic E-state index is 0.108. The van der Waals surface area contributed by atoms with E-state index in [0.717, 1.165) is 16.8 Å². The van der Waals surface area contributed by atoms with Crippen LogP contribution in [0.1, 0.15) is 24.5 Å². The molecule has 0 saturated heterocycles. The van der Waals surface area contributed by atoms with Crippen molar-refractivity contribution in [2.45, 2.75) is 20.3 Å². The Morgan fingerprint density at radius 1 is 1.44 bits per heavy atom. The first-order chi connectivity index (χ1) is 7.69.